The molecule has 1 amide bonds. The van der Waals surface area contributed by atoms with Gasteiger partial charge in [-0.3, -0.25) is 19.4 Å². The van der Waals surface area contributed by atoms with Crippen LogP contribution in [-0.2, 0) is 16.1 Å². The summed E-state index contributed by atoms with van der Waals surface area (Å²) in [7, 11) is 0. The number of aromatic nitrogens is 1. The van der Waals surface area contributed by atoms with Gasteiger partial charge in [0.25, 0.3) is 5.91 Å². The van der Waals surface area contributed by atoms with Gasteiger partial charge in [0.05, 0.1) is 12.1 Å². The summed E-state index contributed by atoms with van der Waals surface area (Å²) in [4.78, 5) is 38.7. The van der Waals surface area contributed by atoms with Gasteiger partial charge in [0.15, 0.2) is 0 Å². The number of benzene rings is 1. The number of pyridine rings is 1. The first kappa shape index (κ1) is 18.4. The van der Waals surface area contributed by atoms with Crippen molar-refractivity contribution >= 4 is 29.4 Å². The number of amides is 1. The average Bonchev–Trinajstić information content (AvgIpc) is 2.53. The molecule has 130 valence electrons. The van der Waals surface area contributed by atoms with E-state index >= 15 is 0 Å². The van der Waals surface area contributed by atoms with E-state index in [-0.39, 0.29) is 28.8 Å². The van der Waals surface area contributed by atoms with Crippen LogP contribution in [0.3, 0.4) is 0 Å². The minimum Gasteiger partial charge on any atom is -0.426 e. The molecule has 0 atom stereocenters. The molecule has 2 aromatic rings. The highest BCUT2D eigenvalue weighted by Gasteiger charge is 2.18. The van der Waals surface area contributed by atoms with Crippen molar-refractivity contribution in [2.45, 2.75) is 20.4 Å². The van der Waals surface area contributed by atoms with Crippen LogP contribution in [0.2, 0.25) is 5.02 Å². The van der Waals surface area contributed by atoms with Crippen LogP contribution >= 0.6 is 11.6 Å². The molecule has 0 aliphatic heterocycles. The molecule has 0 saturated carbocycles. The van der Waals surface area contributed by atoms with Gasteiger partial charge in [-0.05, 0) is 12.1 Å². The maximum absolute atomic E-state index is 12.1. The first-order valence-corrected chi connectivity index (χ1v) is 7.63. The van der Waals surface area contributed by atoms with E-state index in [1.807, 2.05) is 0 Å². The monoisotopic (exact) mass is 362 g/mol. The van der Waals surface area contributed by atoms with Gasteiger partial charge in [-0.15, -0.1) is 0 Å². The van der Waals surface area contributed by atoms with E-state index < -0.39 is 17.8 Å². The quantitative estimate of drug-likeness (QED) is 0.648. The molecule has 0 radical (unpaired) electrons. The summed E-state index contributed by atoms with van der Waals surface area (Å²) < 4.78 is 10.2. The second kappa shape index (κ2) is 8.25. The first-order valence-electron chi connectivity index (χ1n) is 7.25. The molecule has 2 rings (SSSR count). The molecule has 1 aromatic heterocycles. The van der Waals surface area contributed by atoms with Crippen LogP contribution in [0.5, 0.6) is 11.5 Å². The third-order valence-corrected chi connectivity index (χ3v) is 3.18. The average molecular weight is 363 g/mol. The number of halogens is 1. The summed E-state index contributed by atoms with van der Waals surface area (Å²) in [6, 6.07) is 7.72. The Kier molecular flexibility index (Phi) is 6.08. The van der Waals surface area contributed by atoms with Crippen LogP contribution in [0, 0.1) is 0 Å². The first-order chi connectivity index (χ1) is 11.9. The molecule has 0 aliphatic rings. The predicted molar refractivity (Wildman–Crippen MR) is 89.5 cm³/mol. The van der Waals surface area contributed by atoms with Gasteiger partial charge in [-0.25, -0.2) is 0 Å². The number of hydrogen-bond donors (Lipinski definition) is 1. The van der Waals surface area contributed by atoms with E-state index in [4.69, 9.17) is 21.1 Å². The Balaban J connectivity index is 2.30. The fourth-order valence-electron chi connectivity index (χ4n) is 2.01. The lowest BCUT2D eigenvalue weighted by atomic mass is 10.1. The lowest BCUT2D eigenvalue weighted by molar-refractivity contribution is -0.132. The van der Waals surface area contributed by atoms with Crippen molar-refractivity contribution in [2.24, 2.45) is 0 Å². The van der Waals surface area contributed by atoms with Gasteiger partial charge in [-0.1, -0.05) is 17.7 Å². The van der Waals surface area contributed by atoms with E-state index in [0.717, 1.165) is 0 Å². The summed E-state index contributed by atoms with van der Waals surface area (Å²) in [5.41, 5.74) is 0.526. The second-order valence-electron chi connectivity index (χ2n) is 4.97. The Labute approximate surface area is 148 Å². The lowest BCUT2D eigenvalue weighted by Crippen LogP contribution is -2.24. The van der Waals surface area contributed by atoms with E-state index in [2.05, 4.69) is 10.3 Å². The topological polar surface area (TPSA) is 94.6 Å². The summed E-state index contributed by atoms with van der Waals surface area (Å²) in [5, 5.41) is 2.85. The Morgan fingerprint density at radius 2 is 1.68 bits per heavy atom. The van der Waals surface area contributed by atoms with Gasteiger partial charge in [0, 0.05) is 37.2 Å². The predicted octanol–water partition coefficient (Wildman–Crippen LogP) is 2.52. The maximum Gasteiger partial charge on any atom is 0.308 e. The molecule has 0 fully saturated rings. The SMILES string of the molecule is CC(=O)Oc1cc(Cl)cc(OC(C)=O)c1CNC(=O)c1ccccn1. The van der Waals surface area contributed by atoms with Gasteiger partial charge < -0.3 is 14.8 Å². The Hall–Kier alpha value is -2.93. The van der Waals surface area contributed by atoms with Crippen molar-refractivity contribution < 1.29 is 23.9 Å². The van der Waals surface area contributed by atoms with Gasteiger partial charge in [0.1, 0.15) is 17.2 Å². The number of rotatable bonds is 5. The zero-order valence-corrected chi connectivity index (χ0v) is 14.3. The van der Waals surface area contributed by atoms with Crippen LogP contribution in [0.4, 0.5) is 0 Å². The third-order valence-electron chi connectivity index (χ3n) is 2.96. The molecule has 1 N–H and O–H groups in total. The Morgan fingerprint density at radius 1 is 1.08 bits per heavy atom. The van der Waals surface area contributed by atoms with Crippen LogP contribution in [0.15, 0.2) is 36.5 Å². The third kappa shape index (κ3) is 5.29. The molecular weight excluding hydrogens is 348 g/mol. The van der Waals surface area contributed by atoms with Crippen molar-refractivity contribution in [3.8, 4) is 11.5 Å². The molecule has 0 aliphatic carbocycles. The summed E-state index contributed by atoms with van der Waals surface area (Å²) in [6.07, 6.45) is 1.49. The van der Waals surface area contributed by atoms with Crippen LogP contribution in [0.25, 0.3) is 0 Å². The van der Waals surface area contributed by atoms with E-state index in [0.29, 0.717) is 5.56 Å². The van der Waals surface area contributed by atoms with Crippen LogP contribution in [-0.4, -0.2) is 22.8 Å². The number of nitrogens with one attached hydrogen (secondary N) is 1. The molecule has 1 aromatic carbocycles. The van der Waals surface area contributed by atoms with Crippen molar-refractivity contribution in [1.29, 1.82) is 0 Å². The maximum atomic E-state index is 12.1. The Morgan fingerprint density at radius 3 is 2.16 bits per heavy atom. The molecule has 7 nitrogen and oxygen atoms in total. The zero-order chi connectivity index (χ0) is 18.4. The number of esters is 2. The molecule has 8 heteroatoms. The summed E-state index contributed by atoms with van der Waals surface area (Å²) >= 11 is 5.97. The number of carbonyl (C=O) groups is 3. The van der Waals surface area contributed by atoms with E-state index in [1.165, 1.54) is 32.2 Å². The molecule has 0 spiro atoms. The highest BCUT2D eigenvalue weighted by molar-refractivity contribution is 6.31. The normalized spacial score (nSPS) is 10.0. The van der Waals surface area contributed by atoms with Crippen molar-refractivity contribution in [3.63, 3.8) is 0 Å². The lowest BCUT2D eigenvalue weighted by Gasteiger charge is -2.15. The fourth-order valence-corrected chi connectivity index (χ4v) is 2.21. The summed E-state index contributed by atoms with van der Waals surface area (Å²) in [6.45, 7) is 2.39. The largest absolute Gasteiger partial charge is 0.426 e. The number of nitrogens with zero attached hydrogens (tertiary/aromatic N) is 1. The van der Waals surface area contributed by atoms with E-state index in [1.54, 1.807) is 18.2 Å². The van der Waals surface area contributed by atoms with Crippen molar-refractivity contribution in [1.82, 2.24) is 10.3 Å². The minimum absolute atomic E-state index is 0.0577. The van der Waals surface area contributed by atoms with Gasteiger partial charge in [0.2, 0.25) is 0 Å². The molecule has 0 saturated heterocycles. The van der Waals surface area contributed by atoms with Gasteiger partial charge in [-0.2, -0.15) is 0 Å². The minimum atomic E-state index is -0.576. The zero-order valence-electron chi connectivity index (χ0n) is 13.5. The highest BCUT2D eigenvalue weighted by atomic mass is 35.5. The standard InChI is InChI=1S/C17H15ClN2O5/c1-10(21)24-15-7-12(18)8-16(25-11(2)22)13(15)9-20-17(23)14-5-3-4-6-19-14/h3-8H,9H2,1-2H3,(H,20,23). The van der Waals surface area contributed by atoms with Gasteiger partial charge >= 0.3 is 11.9 Å². The summed E-state index contributed by atoms with van der Waals surface area (Å²) in [5.74, 6) is -1.39. The molecule has 0 unspecified atom stereocenters. The number of ether oxygens (including phenoxy) is 2. The molecular formula is C17H15ClN2O5. The van der Waals surface area contributed by atoms with E-state index in [9.17, 15) is 14.4 Å². The second-order valence-corrected chi connectivity index (χ2v) is 5.40. The Bertz CT molecular complexity index is 771. The number of carbonyl (C=O) groups excluding carboxylic acids is 3. The molecule has 1 heterocycles. The molecule has 0 bridgehead atoms. The highest BCUT2D eigenvalue weighted by Crippen LogP contribution is 2.33. The van der Waals surface area contributed by atoms with Crippen molar-refractivity contribution in [3.05, 3.63) is 52.8 Å². The number of hydrogen-bond acceptors (Lipinski definition) is 6. The van der Waals surface area contributed by atoms with Crippen molar-refractivity contribution in [2.75, 3.05) is 0 Å². The fraction of sp³-hybridized carbons (Fsp3) is 0.176. The molecule has 25 heavy (non-hydrogen) atoms. The van der Waals surface area contributed by atoms with Crippen LogP contribution in [0.1, 0.15) is 29.9 Å². The smallest absolute Gasteiger partial charge is 0.308 e. The van der Waals surface area contributed by atoms with Crippen LogP contribution < -0.4 is 14.8 Å².